The van der Waals surface area contributed by atoms with Crippen LogP contribution in [-0.2, 0) is 4.79 Å². The van der Waals surface area contributed by atoms with Crippen LogP contribution in [0, 0.1) is 0 Å². The first-order chi connectivity index (χ1) is 5.99. The van der Waals surface area contributed by atoms with E-state index in [0.717, 1.165) is 0 Å². The molecule has 0 saturated heterocycles. The number of hydrogen-bond acceptors (Lipinski definition) is 3. The molecule has 0 radical (unpaired) electrons. The third-order valence-corrected chi connectivity index (χ3v) is 2.02. The van der Waals surface area contributed by atoms with Crippen LogP contribution in [0.4, 0.5) is 8.78 Å². The molecule has 13 heavy (non-hydrogen) atoms. The Bertz CT molecular complexity index is 176. The van der Waals surface area contributed by atoms with Gasteiger partial charge in [-0.15, -0.1) is 0 Å². The highest BCUT2D eigenvalue weighted by Gasteiger charge is 2.41. The van der Waals surface area contributed by atoms with E-state index in [9.17, 15) is 13.6 Å². The van der Waals surface area contributed by atoms with E-state index >= 15 is 0 Å². The Balaban J connectivity index is 4.43. The van der Waals surface area contributed by atoms with Crippen molar-refractivity contribution in [1.82, 2.24) is 0 Å². The summed E-state index contributed by atoms with van der Waals surface area (Å²) >= 11 is 0. The molecule has 0 aromatic carbocycles. The minimum Gasteiger partial charge on any atom is -0.330 e. The van der Waals surface area contributed by atoms with E-state index in [-0.39, 0.29) is 19.4 Å². The average molecular weight is 194 g/mol. The number of ketones is 1. The van der Waals surface area contributed by atoms with Crippen LogP contribution in [0.25, 0.3) is 0 Å². The first kappa shape index (κ1) is 12.4. The maximum Gasteiger partial charge on any atom is 0.263 e. The molecule has 1 unspecified atom stereocenters. The predicted octanol–water partition coefficient (Wildman–Crippen LogP) is 0.667. The van der Waals surface area contributed by atoms with Crippen molar-refractivity contribution in [3.8, 4) is 0 Å². The van der Waals surface area contributed by atoms with Gasteiger partial charge in [-0.25, -0.2) is 8.78 Å². The Morgan fingerprint density at radius 2 is 2.08 bits per heavy atom. The molecule has 0 fully saturated rings. The smallest absolute Gasteiger partial charge is 0.263 e. The van der Waals surface area contributed by atoms with E-state index in [1.165, 1.54) is 6.92 Å². The quantitative estimate of drug-likeness (QED) is 0.652. The molecule has 0 amide bonds. The van der Waals surface area contributed by atoms with Crippen molar-refractivity contribution >= 4 is 5.78 Å². The Labute approximate surface area is 76.5 Å². The van der Waals surface area contributed by atoms with Crippen molar-refractivity contribution in [1.29, 1.82) is 0 Å². The summed E-state index contributed by atoms with van der Waals surface area (Å²) in [4.78, 5) is 11.1. The number of carbonyl (C=O) groups is 1. The molecule has 5 heteroatoms. The lowest BCUT2D eigenvalue weighted by atomic mass is 9.89. The van der Waals surface area contributed by atoms with Crippen LogP contribution >= 0.6 is 0 Å². The third-order valence-electron chi connectivity index (χ3n) is 2.02. The second-order valence-corrected chi connectivity index (χ2v) is 3.01. The fourth-order valence-corrected chi connectivity index (χ4v) is 1.09. The Morgan fingerprint density at radius 1 is 1.54 bits per heavy atom. The first-order valence-corrected chi connectivity index (χ1v) is 4.29. The SMILES string of the molecule is CCC(=O)C(N)(CCCN)C(F)F. The second-order valence-electron chi connectivity index (χ2n) is 3.01. The lowest BCUT2D eigenvalue weighted by molar-refractivity contribution is -0.130. The molecule has 4 N–H and O–H groups in total. The van der Waals surface area contributed by atoms with E-state index < -0.39 is 17.7 Å². The highest BCUT2D eigenvalue weighted by Crippen LogP contribution is 2.21. The molecule has 0 rings (SSSR count). The van der Waals surface area contributed by atoms with Gasteiger partial charge in [-0.1, -0.05) is 6.92 Å². The van der Waals surface area contributed by atoms with E-state index in [4.69, 9.17) is 11.5 Å². The van der Waals surface area contributed by atoms with Gasteiger partial charge in [0.25, 0.3) is 6.43 Å². The summed E-state index contributed by atoms with van der Waals surface area (Å²) in [6.45, 7) is 1.79. The number of nitrogens with two attached hydrogens (primary N) is 2. The van der Waals surface area contributed by atoms with Crippen molar-refractivity contribution in [3.63, 3.8) is 0 Å². The second kappa shape index (κ2) is 5.24. The molecule has 0 spiro atoms. The maximum absolute atomic E-state index is 12.5. The zero-order valence-corrected chi connectivity index (χ0v) is 7.72. The van der Waals surface area contributed by atoms with Crippen molar-refractivity contribution in [2.24, 2.45) is 11.5 Å². The van der Waals surface area contributed by atoms with Crippen molar-refractivity contribution in [3.05, 3.63) is 0 Å². The van der Waals surface area contributed by atoms with E-state index in [1.54, 1.807) is 0 Å². The molecule has 0 aliphatic rings. The van der Waals surface area contributed by atoms with Crippen molar-refractivity contribution in [2.45, 2.75) is 38.2 Å². The molecule has 0 aliphatic heterocycles. The molecule has 78 valence electrons. The van der Waals surface area contributed by atoms with Gasteiger partial charge in [0.1, 0.15) is 5.54 Å². The summed E-state index contributed by atoms with van der Waals surface area (Å²) in [7, 11) is 0. The lowest BCUT2D eigenvalue weighted by Crippen LogP contribution is -2.54. The molecule has 3 nitrogen and oxygen atoms in total. The molecule has 0 aliphatic carbocycles. The standard InChI is InChI=1S/C8H16F2N2O/c1-2-6(13)8(12,7(9)10)4-3-5-11/h7H,2-5,11-12H2,1H3. The van der Waals surface area contributed by atoms with E-state index in [1.807, 2.05) is 0 Å². The number of carbonyl (C=O) groups excluding carboxylic acids is 1. The molecule has 0 heterocycles. The summed E-state index contributed by atoms with van der Waals surface area (Å²) in [5, 5.41) is 0. The molecule has 0 aromatic rings. The molecule has 0 aromatic heterocycles. The largest absolute Gasteiger partial charge is 0.330 e. The van der Waals surface area contributed by atoms with Crippen LogP contribution < -0.4 is 11.5 Å². The fourth-order valence-electron chi connectivity index (χ4n) is 1.09. The highest BCUT2D eigenvalue weighted by atomic mass is 19.3. The van der Waals surface area contributed by atoms with Gasteiger partial charge in [0.2, 0.25) is 0 Å². The monoisotopic (exact) mass is 194 g/mol. The van der Waals surface area contributed by atoms with Gasteiger partial charge in [0.05, 0.1) is 0 Å². The average Bonchev–Trinajstić information content (AvgIpc) is 2.12. The molecule has 0 bridgehead atoms. The Morgan fingerprint density at radius 3 is 2.38 bits per heavy atom. The minimum atomic E-state index is -2.81. The summed E-state index contributed by atoms with van der Waals surface area (Å²) in [6, 6.07) is 0. The Hall–Kier alpha value is -0.550. The Kier molecular flexibility index (Phi) is 5.02. The molecular weight excluding hydrogens is 178 g/mol. The van der Waals surface area contributed by atoms with Crippen LogP contribution in [0.1, 0.15) is 26.2 Å². The molecule has 1 atom stereocenters. The van der Waals surface area contributed by atoms with Crippen LogP contribution in [0.15, 0.2) is 0 Å². The van der Waals surface area contributed by atoms with Crippen molar-refractivity contribution < 1.29 is 13.6 Å². The molecular formula is C8H16F2N2O. The summed E-state index contributed by atoms with van der Waals surface area (Å²) in [6.07, 6.45) is -2.49. The van der Waals surface area contributed by atoms with Gasteiger partial charge in [0, 0.05) is 6.42 Å². The molecule has 0 saturated carbocycles. The third kappa shape index (κ3) is 3.00. The minimum absolute atomic E-state index is 0.0331. The maximum atomic E-state index is 12.5. The lowest BCUT2D eigenvalue weighted by Gasteiger charge is -2.26. The van der Waals surface area contributed by atoms with E-state index in [2.05, 4.69) is 0 Å². The fraction of sp³-hybridized carbons (Fsp3) is 0.875. The zero-order valence-electron chi connectivity index (χ0n) is 7.72. The summed E-state index contributed by atoms with van der Waals surface area (Å²) in [5.74, 6) is -0.601. The number of halogens is 2. The highest BCUT2D eigenvalue weighted by molar-refractivity contribution is 5.88. The van der Waals surface area contributed by atoms with Gasteiger partial charge < -0.3 is 11.5 Å². The number of rotatable bonds is 6. The van der Waals surface area contributed by atoms with E-state index in [0.29, 0.717) is 6.42 Å². The van der Waals surface area contributed by atoms with Gasteiger partial charge in [-0.3, -0.25) is 4.79 Å². The first-order valence-electron chi connectivity index (χ1n) is 4.29. The number of alkyl halides is 2. The van der Waals surface area contributed by atoms with Gasteiger partial charge in [-0.05, 0) is 19.4 Å². The van der Waals surface area contributed by atoms with Gasteiger partial charge in [0.15, 0.2) is 5.78 Å². The zero-order chi connectivity index (χ0) is 10.5. The topological polar surface area (TPSA) is 69.1 Å². The summed E-state index contributed by atoms with van der Waals surface area (Å²) in [5.41, 5.74) is 8.50. The normalized spacial score (nSPS) is 15.8. The van der Waals surface area contributed by atoms with Gasteiger partial charge in [-0.2, -0.15) is 0 Å². The van der Waals surface area contributed by atoms with Crippen LogP contribution in [0.5, 0.6) is 0 Å². The number of hydrogen-bond donors (Lipinski definition) is 2. The number of Topliss-reactive ketones (excluding diaryl/α,β-unsaturated/α-hetero) is 1. The van der Waals surface area contributed by atoms with Crippen LogP contribution in [0.2, 0.25) is 0 Å². The predicted molar refractivity (Wildman–Crippen MR) is 46.5 cm³/mol. The van der Waals surface area contributed by atoms with Crippen LogP contribution in [-0.4, -0.2) is 24.3 Å². The summed E-state index contributed by atoms with van der Waals surface area (Å²) < 4.78 is 24.9. The van der Waals surface area contributed by atoms with Crippen molar-refractivity contribution in [2.75, 3.05) is 6.54 Å². The van der Waals surface area contributed by atoms with Crippen LogP contribution in [0.3, 0.4) is 0 Å². The van der Waals surface area contributed by atoms with Gasteiger partial charge >= 0.3 is 0 Å².